The van der Waals surface area contributed by atoms with Gasteiger partial charge in [0.25, 0.3) is 5.91 Å². The molecule has 0 saturated carbocycles. The van der Waals surface area contributed by atoms with Crippen LogP contribution in [0.2, 0.25) is 0 Å². The molecule has 0 unspecified atom stereocenters. The first-order valence-electron chi connectivity index (χ1n) is 10.5. The van der Waals surface area contributed by atoms with Crippen molar-refractivity contribution >= 4 is 18.1 Å². The number of amides is 1. The van der Waals surface area contributed by atoms with E-state index in [4.69, 9.17) is 23.7 Å². The second-order valence-electron chi connectivity index (χ2n) is 6.99. The Bertz CT molecular complexity index is 1190. The Morgan fingerprint density at radius 2 is 1.71 bits per heavy atom. The lowest BCUT2D eigenvalue weighted by Crippen LogP contribution is -2.24. The fraction of sp³-hybridized carbons (Fsp3) is 0.160. The van der Waals surface area contributed by atoms with Crippen LogP contribution in [0.25, 0.3) is 0 Å². The Hall–Kier alpha value is -4.53. The quantitative estimate of drug-likeness (QED) is 0.224. The maximum Gasteiger partial charge on any atom is 0.343 e. The number of rotatable bonds is 9. The third-order valence-corrected chi connectivity index (χ3v) is 4.61. The minimum Gasteiger partial charge on any atom is -0.490 e. The molecule has 9 heteroatoms. The monoisotopic (exact) mass is 462 g/mol. The van der Waals surface area contributed by atoms with Crippen LogP contribution in [-0.4, -0.2) is 38.1 Å². The van der Waals surface area contributed by atoms with Crippen LogP contribution in [0.15, 0.2) is 71.8 Å². The molecule has 0 aromatic heterocycles. The molecule has 1 heterocycles. The topological polar surface area (TPSA) is 105 Å². The Morgan fingerprint density at radius 3 is 2.47 bits per heavy atom. The molecule has 34 heavy (non-hydrogen) atoms. The summed E-state index contributed by atoms with van der Waals surface area (Å²) in [4.78, 5) is 24.3. The van der Waals surface area contributed by atoms with Gasteiger partial charge in [-0.05, 0) is 67.1 Å². The van der Waals surface area contributed by atoms with Gasteiger partial charge >= 0.3 is 5.97 Å². The molecular weight excluding hydrogens is 440 g/mol. The number of nitrogens with one attached hydrogen (secondary N) is 1. The molecule has 0 spiro atoms. The minimum absolute atomic E-state index is 0.131. The van der Waals surface area contributed by atoms with Crippen molar-refractivity contribution in [3.63, 3.8) is 0 Å². The largest absolute Gasteiger partial charge is 0.490 e. The van der Waals surface area contributed by atoms with E-state index in [1.165, 1.54) is 6.21 Å². The molecule has 0 bridgehead atoms. The average molecular weight is 462 g/mol. The van der Waals surface area contributed by atoms with Gasteiger partial charge in [0.05, 0.1) is 18.4 Å². The number of carbonyl (C=O) groups excluding carboxylic acids is 2. The van der Waals surface area contributed by atoms with Gasteiger partial charge < -0.3 is 23.7 Å². The number of hydrogen-bond acceptors (Lipinski definition) is 8. The molecule has 0 radical (unpaired) electrons. The molecule has 1 aliphatic rings. The molecule has 0 fully saturated rings. The van der Waals surface area contributed by atoms with E-state index in [9.17, 15) is 9.59 Å². The van der Waals surface area contributed by atoms with E-state index < -0.39 is 11.9 Å². The van der Waals surface area contributed by atoms with E-state index in [-0.39, 0.29) is 13.4 Å². The first kappa shape index (κ1) is 22.7. The van der Waals surface area contributed by atoms with Crippen LogP contribution in [0.1, 0.15) is 22.8 Å². The zero-order valence-corrected chi connectivity index (χ0v) is 18.4. The van der Waals surface area contributed by atoms with Crippen LogP contribution < -0.4 is 29.1 Å². The molecule has 9 nitrogen and oxygen atoms in total. The van der Waals surface area contributed by atoms with Crippen molar-refractivity contribution in [2.24, 2.45) is 5.10 Å². The Balaban J connectivity index is 1.25. The van der Waals surface area contributed by atoms with E-state index >= 15 is 0 Å². The van der Waals surface area contributed by atoms with Crippen LogP contribution in [0, 0.1) is 0 Å². The first-order chi connectivity index (χ1) is 16.6. The zero-order valence-electron chi connectivity index (χ0n) is 18.4. The molecule has 174 valence electrons. The van der Waals surface area contributed by atoms with Gasteiger partial charge in [0.15, 0.2) is 29.6 Å². The molecule has 1 amide bonds. The summed E-state index contributed by atoms with van der Waals surface area (Å²) < 4.78 is 26.8. The number of carbonyl (C=O) groups is 2. The number of esters is 1. The van der Waals surface area contributed by atoms with Gasteiger partial charge in [-0.3, -0.25) is 4.79 Å². The molecule has 1 aliphatic heterocycles. The van der Waals surface area contributed by atoms with E-state index in [2.05, 4.69) is 10.5 Å². The SMILES string of the molecule is CCOc1ccccc1OCC(=O)N/N=C\c1ccc(OC(=O)c2ccc3c(c2)OCO3)cc1. The third-order valence-electron chi connectivity index (χ3n) is 4.61. The average Bonchev–Trinajstić information content (AvgIpc) is 3.33. The lowest BCUT2D eigenvalue weighted by Gasteiger charge is -2.10. The second-order valence-corrected chi connectivity index (χ2v) is 6.99. The summed E-state index contributed by atoms with van der Waals surface area (Å²) in [6.45, 7) is 2.28. The summed E-state index contributed by atoms with van der Waals surface area (Å²) >= 11 is 0. The molecule has 0 atom stereocenters. The molecule has 1 N–H and O–H groups in total. The maximum absolute atomic E-state index is 12.4. The minimum atomic E-state index is -0.516. The molecule has 0 saturated heterocycles. The van der Waals surface area contributed by atoms with Gasteiger partial charge in [0.2, 0.25) is 6.79 Å². The maximum atomic E-state index is 12.4. The number of hydrazone groups is 1. The van der Waals surface area contributed by atoms with Crippen molar-refractivity contribution in [3.05, 3.63) is 77.9 Å². The lowest BCUT2D eigenvalue weighted by atomic mass is 10.2. The van der Waals surface area contributed by atoms with Gasteiger partial charge in [-0.1, -0.05) is 12.1 Å². The summed E-state index contributed by atoms with van der Waals surface area (Å²) in [6.07, 6.45) is 1.47. The summed E-state index contributed by atoms with van der Waals surface area (Å²) in [5.41, 5.74) is 3.45. The van der Waals surface area contributed by atoms with E-state index in [0.717, 1.165) is 0 Å². The molecule has 4 rings (SSSR count). The van der Waals surface area contributed by atoms with Crippen LogP contribution in [0.3, 0.4) is 0 Å². The van der Waals surface area contributed by atoms with E-state index in [0.29, 0.717) is 46.5 Å². The Kier molecular flexibility index (Phi) is 7.24. The summed E-state index contributed by atoms with van der Waals surface area (Å²) in [5, 5.41) is 3.91. The number of ether oxygens (including phenoxy) is 5. The highest BCUT2D eigenvalue weighted by atomic mass is 16.7. The molecule has 0 aliphatic carbocycles. The van der Waals surface area contributed by atoms with Crippen molar-refractivity contribution in [1.82, 2.24) is 5.43 Å². The number of nitrogens with zero attached hydrogens (tertiary/aromatic N) is 1. The fourth-order valence-electron chi connectivity index (χ4n) is 3.01. The number of hydrogen-bond donors (Lipinski definition) is 1. The van der Waals surface area contributed by atoms with Gasteiger partial charge in [-0.2, -0.15) is 5.10 Å². The van der Waals surface area contributed by atoms with Crippen LogP contribution in [0.5, 0.6) is 28.7 Å². The van der Waals surface area contributed by atoms with Gasteiger partial charge in [0.1, 0.15) is 5.75 Å². The smallest absolute Gasteiger partial charge is 0.343 e. The standard InChI is InChI=1S/C25H22N2O7/c1-2-30-20-5-3-4-6-21(20)31-15-24(28)27-26-14-17-7-10-19(11-8-17)34-25(29)18-9-12-22-23(13-18)33-16-32-22/h3-14H,2,15-16H2,1H3,(H,27,28)/b26-14-. The third kappa shape index (κ3) is 5.83. The highest BCUT2D eigenvalue weighted by molar-refractivity contribution is 5.92. The van der Waals surface area contributed by atoms with Crippen molar-refractivity contribution < 1.29 is 33.3 Å². The molecule has 3 aromatic rings. The normalized spacial score (nSPS) is 11.8. The highest BCUT2D eigenvalue weighted by Crippen LogP contribution is 2.32. The predicted molar refractivity (Wildman–Crippen MR) is 123 cm³/mol. The van der Waals surface area contributed by atoms with Gasteiger partial charge in [-0.15, -0.1) is 0 Å². The number of benzene rings is 3. The Labute approximate surface area is 195 Å². The van der Waals surface area contributed by atoms with Crippen LogP contribution in [-0.2, 0) is 4.79 Å². The van der Waals surface area contributed by atoms with Crippen LogP contribution in [0.4, 0.5) is 0 Å². The van der Waals surface area contributed by atoms with Gasteiger partial charge in [0, 0.05) is 0 Å². The predicted octanol–water partition coefficient (Wildman–Crippen LogP) is 3.56. The van der Waals surface area contributed by atoms with E-state index in [1.807, 2.05) is 13.0 Å². The van der Waals surface area contributed by atoms with Crippen LogP contribution >= 0.6 is 0 Å². The zero-order chi connectivity index (χ0) is 23.8. The van der Waals surface area contributed by atoms with Crippen molar-refractivity contribution in [3.8, 4) is 28.7 Å². The molecular formula is C25H22N2O7. The lowest BCUT2D eigenvalue weighted by molar-refractivity contribution is -0.123. The first-order valence-corrected chi connectivity index (χ1v) is 10.5. The van der Waals surface area contributed by atoms with Crippen molar-refractivity contribution in [1.29, 1.82) is 0 Å². The van der Waals surface area contributed by atoms with E-state index in [1.54, 1.807) is 60.7 Å². The van der Waals surface area contributed by atoms with Crippen molar-refractivity contribution in [2.45, 2.75) is 6.92 Å². The summed E-state index contributed by atoms with van der Waals surface area (Å²) in [5.74, 6) is 1.58. The number of para-hydroxylation sites is 2. The van der Waals surface area contributed by atoms with Crippen molar-refractivity contribution in [2.75, 3.05) is 20.0 Å². The molecule has 3 aromatic carbocycles. The summed E-state index contributed by atoms with van der Waals surface area (Å²) in [6, 6.07) is 18.6. The highest BCUT2D eigenvalue weighted by Gasteiger charge is 2.17. The number of fused-ring (bicyclic) bond motifs is 1. The second kappa shape index (κ2) is 10.9. The Morgan fingerprint density at radius 1 is 0.971 bits per heavy atom. The van der Waals surface area contributed by atoms with Gasteiger partial charge in [-0.25, -0.2) is 10.2 Å². The fourth-order valence-corrected chi connectivity index (χ4v) is 3.01. The summed E-state index contributed by atoms with van der Waals surface area (Å²) in [7, 11) is 0.